The van der Waals surface area contributed by atoms with Gasteiger partial charge in [-0.05, 0) is 37.1 Å². The predicted octanol–water partition coefficient (Wildman–Crippen LogP) is 2.60. The van der Waals surface area contributed by atoms with Gasteiger partial charge in [-0.1, -0.05) is 28.1 Å². The second-order valence-corrected chi connectivity index (χ2v) is 5.68. The summed E-state index contributed by atoms with van der Waals surface area (Å²) in [7, 11) is 2.04. The topological polar surface area (TPSA) is 40.5 Å². The van der Waals surface area contributed by atoms with Gasteiger partial charge in [-0.2, -0.15) is 0 Å². The van der Waals surface area contributed by atoms with Gasteiger partial charge in [0.2, 0.25) is 0 Å². The van der Waals surface area contributed by atoms with Crippen molar-refractivity contribution in [2.75, 3.05) is 13.6 Å². The molecule has 1 aliphatic carbocycles. The van der Waals surface area contributed by atoms with E-state index in [-0.39, 0.29) is 5.92 Å². The van der Waals surface area contributed by atoms with Crippen molar-refractivity contribution >= 4 is 21.9 Å². The number of nitrogens with zero attached hydrogens (tertiary/aromatic N) is 1. The Morgan fingerprint density at radius 2 is 2.12 bits per heavy atom. The monoisotopic (exact) mass is 297 g/mol. The molecule has 0 bridgehead atoms. The Kier molecular flexibility index (Phi) is 3.84. The van der Waals surface area contributed by atoms with Gasteiger partial charge in [-0.15, -0.1) is 0 Å². The normalized spacial score (nSPS) is 22.8. The molecule has 2 unspecified atom stereocenters. The van der Waals surface area contributed by atoms with Crippen LogP contribution in [0.15, 0.2) is 28.7 Å². The molecule has 0 heterocycles. The smallest absolute Gasteiger partial charge is 0.306 e. The first kappa shape index (κ1) is 12.6. The summed E-state index contributed by atoms with van der Waals surface area (Å²) in [6.45, 7) is 1.74. The van der Waals surface area contributed by atoms with Gasteiger partial charge in [0.15, 0.2) is 0 Å². The van der Waals surface area contributed by atoms with Gasteiger partial charge in [-0.3, -0.25) is 4.79 Å². The zero-order valence-corrected chi connectivity index (χ0v) is 11.4. The quantitative estimate of drug-likeness (QED) is 0.908. The Bertz CT molecular complexity index is 404. The molecule has 1 fully saturated rings. The first-order valence-corrected chi connectivity index (χ1v) is 6.51. The molecule has 1 aromatic rings. The minimum Gasteiger partial charge on any atom is -0.481 e. The fourth-order valence-corrected chi connectivity index (χ4v) is 2.38. The molecule has 2 atom stereocenters. The SMILES string of the molecule is CN(Cc1ccc(Br)cc1)CC1CC1C(=O)O. The molecule has 1 saturated carbocycles. The maximum absolute atomic E-state index is 10.7. The van der Waals surface area contributed by atoms with Gasteiger partial charge in [0.1, 0.15) is 0 Å². The lowest BCUT2D eigenvalue weighted by atomic mass is 10.2. The average Bonchev–Trinajstić information content (AvgIpc) is 3.01. The Morgan fingerprint density at radius 3 is 2.65 bits per heavy atom. The van der Waals surface area contributed by atoms with E-state index in [2.05, 4.69) is 33.0 Å². The second-order valence-electron chi connectivity index (χ2n) is 4.76. The van der Waals surface area contributed by atoms with Gasteiger partial charge in [0.05, 0.1) is 5.92 Å². The van der Waals surface area contributed by atoms with Gasteiger partial charge in [0.25, 0.3) is 0 Å². The van der Waals surface area contributed by atoms with Crippen molar-refractivity contribution in [1.82, 2.24) is 4.90 Å². The van der Waals surface area contributed by atoms with E-state index in [1.54, 1.807) is 0 Å². The lowest BCUT2D eigenvalue weighted by Gasteiger charge is -2.16. The molecular formula is C13H16BrNO2. The van der Waals surface area contributed by atoms with Crippen molar-refractivity contribution < 1.29 is 9.90 Å². The molecule has 92 valence electrons. The van der Waals surface area contributed by atoms with Crippen molar-refractivity contribution in [3.05, 3.63) is 34.3 Å². The highest BCUT2D eigenvalue weighted by Crippen LogP contribution is 2.39. The van der Waals surface area contributed by atoms with E-state index < -0.39 is 5.97 Å². The predicted molar refractivity (Wildman–Crippen MR) is 69.7 cm³/mol. The molecule has 1 aliphatic rings. The third kappa shape index (κ3) is 3.54. The van der Waals surface area contributed by atoms with Crippen LogP contribution in [0.2, 0.25) is 0 Å². The number of hydrogen-bond donors (Lipinski definition) is 1. The number of carboxylic acids is 1. The lowest BCUT2D eigenvalue weighted by molar-refractivity contribution is -0.138. The van der Waals surface area contributed by atoms with Gasteiger partial charge < -0.3 is 10.0 Å². The van der Waals surface area contributed by atoms with Gasteiger partial charge in [-0.25, -0.2) is 0 Å². The van der Waals surface area contributed by atoms with Crippen molar-refractivity contribution in [3.63, 3.8) is 0 Å². The van der Waals surface area contributed by atoms with E-state index in [0.717, 1.165) is 24.0 Å². The zero-order chi connectivity index (χ0) is 12.4. The molecule has 2 rings (SSSR count). The highest BCUT2D eigenvalue weighted by molar-refractivity contribution is 9.10. The summed E-state index contributed by atoms with van der Waals surface area (Å²) in [5.41, 5.74) is 1.25. The van der Waals surface area contributed by atoms with E-state index in [1.807, 2.05) is 19.2 Å². The molecule has 1 N–H and O–H groups in total. The number of rotatable bonds is 5. The molecule has 0 saturated heterocycles. The molecule has 0 aliphatic heterocycles. The van der Waals surface area contributed by atoms with Crippen molar-refractivity contribution in [3.8, 4) is 0 Å². The summed E-state index contributed by atoms with van der Waals surface area (Å²) < 4.78 is 1.08. The van der Waals surface area contributed by atoms with Crippen LogP contribution in [0.3, 0.4) is 0 Å². The number of hydrogen-bond acceptors (Lipinski definition) is 2. The maximum Gasteiger partial charge on any atom is 0.306 e. The van der Waals surface area contributed by atoms with Crippen LogP contribution in [0.25, 0.3) is 0 Å². The highest BCUT2D eigenvalue weighted by Gasteiger charge is 2.43. The molecule has 4 heteroatoms. The Hall–Kier alpha value is -0.870. The van der Waals surface area contributed by atoms with Crippen LogP contribution in [0, 0.1) is 11.8 Å². The van der Waals surface area contributed by atoms with Gasteiger partial charge in [0, 0.05) is 17.6 Å². The molecular weight excluding hydrogens is 282 g/mol. The number of benzene rings is 1. The third-order valence-corrected chi connectivity index (χ3v) is 3.68. The molecule has 0 aromatic heterocycles. The van der Waals surface area contributed by atoms with E-state index in [9.17, 15) is 4.79 Å². The maximum atomic E-state index is 10.7. The van der Waals surface area contributed by atoms with Crippen LogP contribution in [0.1, 0.15) is 12.0 Å². The Morgan fingerprint density at radius 1 is 1.47 bits per heavy atom. The van der Waals surface area contributed by atoms with E-state index in [4.69, 9.17) is 5.11 Å². The fourth-order valence-electron chi connectivity index (χ4n) is 2.12. The van der Waals surface area contributed by atoms with E-state index >= 15 is 0 Å². The van der Waals surface area contributed by atoms with Gasteiger partial charge >= 0.3 is 5.97 Å². The molecule has 1 aromatic carbocycles. The minimum absolute atomic E-state index is 0.109. The van der Waals surface area contributed by atoms with Crippen molar-refractivity contribution in [1.29, 1.82) is 0 Å². The van der Waals surface area contributed by atoms with E-state index in [0.29, 0.717) is 5.92 Å². The Labute approximate surface area is 110 Å². The second kappa shape index (κ2) is 5.19. The van der Waals surface area contributed by atoms with Crippen LogP contribution in [0.5, 0.6) is 0 Å². The third-order valence-electron chi connectivity index (χ3n) is 3.15. The highest BCUT2D eigenvalue weighted by atomic mass is 79.9. The average molecular weight is 298 g/mol. The fraction of sp³-hybridized carbons (Fsp3) is 0.462. The number of carbonyl (C=O) groups is 1. The molecule has 3 nitrogen and oxygen atoms in total. The largest absolute Gasteiger partial charge is 0.481 e. The standard InChI is InChI=1S/C13H16BrNO2/c1-15(8-10-6-12(10)13(16)17)7-9-2-4-11(14)5-3-9/h2-5,10,12H,6-8H2,1H3,(H,16,17). The Balaban J connectivity index is 1.80. The minimum atomic E-state index is -0.646. The van der Waals surface area contributed by atoms with Crippen molar-refractivity contribution in [2.24, 2.45) is 11.8 Å². The summed E-state index contributed by atoms with van der Waals surface area (Å²) >= 11 is 3.41. The van der Waals surface area contributed by atoms with Crippen LogP contribution < -0.4 is 0 Å². The summed E-state index contributed by atoms with van der Waals surface area (Å²) in [4.78, 5) is 12.9. The summed E-state index contributed by atoms with van der Waals surface area (Å²) in [5, 5.41) is 8.83. The molecule has 0 radical (unpaired) electrons. The summed E-state index contributed by atoms with van der Waals surface area (Å²) in [6, 6.07) is 8.23. The number of halogens is 1. The van der Waals surface area contributed by atoms with Crippen molar-refractivity contribution in [2.45, 2.75) is 13.0 Å². The zero-order valence-electron chi connectivity index (χ0n) is 9.77. The van der Waals surface area contributed by atoms with Crippen LogP contribution in [0.4, 0.5) is 0 Å². The number of carboxylic acid groups (broad SMARTS) is 1. The molecule has 0 amide bonds. The van der Waals surface area contributed by atoms with E-state index in [1.165, 1.54) is 5.56 Å². The summed E-state index contributed by atoms with van der Waals surface area (Å²) in [6.07, 6.45) is 0.833. The first-order chi connectivity index (χ1) is 8.06. The number of aliphatic carboxylic acids is 1. The lowest BCUT2D eigenvalue weighted by Crippen LogP contribution is -2.21. The molecule has 0 spiro atoms. The molecule has 17 heavy (non-hydrogen) atoms. The van der Waals surface area contributed by atoms with Crippen LogP contribution in [-0.4, -0.2) is 29.6 Å². The first-order valence-electron chi connectivity index (χ1n) is 5.72. The summed E-state index contributed by atoms with van der Waals surface area (Å²) in [5.74, 6) is -0.414. The van der Waals surface area contributed by atoms with Crippen LogP contribution in [-0.2, 0) is 11.3 Å². The van der Waals surface area contributed by atoms with Crippen LogP contribution >= 0.6 is 15.9 Å².